The van der Waals surface area contributed by atoms with Crippen molar-refractivity contribution >= 4 is 38.9 Å². The van der Waals surface area contributed by atoms with E-state index in [2.05, 4.69) is 22.8 Å². The molecular weight excluding hydrogens is 507 g/mol. The van der Waals surface area contributed by atoms with Gasteiger partial charge in [-0.3, -0.25) is 4.79 Å². The number of rotatable bonds is 9. The Balaban J connectivity index is 1.38. The zero-order chi connectivity index (χ0) is 26.4. The summed E-state index contributed by atoms with van der Waals surface area (Å²) in [5.41, 5.74) is 3.55. The first-order chi connectivity index (χ1) is 17.7. The van der Waals surface area contributed by atoms with Crippen molar-refractivity contribution in [2.75, 3.05) is 17.2 Å². The molecule has 8 heteroatoms. The molecular formula is C29H27FN2O3S2. The van der Waals surface area contributed by atoms with E-state index in [1.54, 1.807) is 23.9 Å². The molecule has 0 bridgehead atoms. The third-order valence-corrected chi connectivity index (χ3v) is 8.61. The van der Waals surface area contributed by atoms with Gasteiger partial charge >= 0.3 is 0 Å². The Bertz CT molecular complexity index is 1510. The molecule has 0 atom stereocenters. The summed E-state index contributed by atoms with van der Waals surface area (Å²) in [7, 11) is -4.05. The van der Waals surface area contributed by atoms with E-state index in [1.165, 1.54) is 35.2 Å². The molecule has 0 aliphatic carbocycles. The smallest absolute Gasteiger partial charge is 0.243 e. The summed E-state index contributed by atoms with van der Waals surface area (Å²) >= 11 is 1.74. The summed E-state index contributed by atoms with van der Waals surface area (Å²) in [6, 6.07) is 26.3. The molecule has 0 aliphatic heterocycles. The lowest BCUT2D eigenvalue weighted by Gasteiger charge is -2.13. The van der Waals surface area contributed by atoms with Gasteiger partial charge in [0.05, 0.1) is 17.1 Å². The van der Waals surface area contributed by atoms with Crippen LogP contribution in [0.4, 0.5) is 15.8 Å². The van der Waals surface area contributed by atoms with Crippen LogP contribution in [0.5, 0.6) is 0 Å². The lowest BCUT2D eigenvalue weighted by atomic mass is 10.1. The van der Waals surface area contributed by atoms with E-state index in [0.29, 0.717) is 5.69 Å². The maximum Gasteiger partial charge on any atom is 0.243 e. The second kappa shape index (κ2) is 11.6. The van der Waals surface area contributed by atoms with Crippen LogP contribution in [0, 0.1) is 19.7 Å². The second-order valence-corrected chi connectivity index (χ2v) is 11.6. The predicted molar refractivity (Wildman–Crippen MR) is 147 cm³/mol. The fourth-order valence-electron chi connectivity index (χ4n) is 3.71. The van der Waals surface area contributed by atoms with Crippen molar-refractivity contribution in [1.29, 1.82) is 0 Å². The number of aryl methyl sites for hydroxylation is 2. The zero-order valence-electron chi connectivity index (χ0n) is 20.5. The van der Waals surface area contributed by atoms with Gasteiger partial charge in [0.1, 0.15) is 4.90 Å². The minimum absolute atomic E-state index is 0.00739. The molecule has 4 rings (SSSR count). The first-order valence-electron chi connectivity index (χ1n) is 11.7. The Morgan fingerprint density at radius 1 is 0.865 bits per heavy atom. The molecule has 0 radical (unpaired) electrons. The molecule has 0 aromatic heterocycles. The van der Waals surface area contributed by atoms with Crippen LogP contribution in [-0.4, -0.2) is 20.9 Å². The third-order valence-electron chi connectivity index (χ3n) is 5.74. The van der Waals surface area contributed by atoms with Gasteiger partial charge < -0.3 is 10.6 Å². The van der Waals surface area contributed by atoms with Crippen LogP contribution in [0.15, 0.2) is 106 Å². The monoisotopic (exact) mass is 534 g/mol. The van der Waals surface area contributed by atoms with Gasteiger partial charge in [-0.05, 0) is 67.4 Å². The molecule has 4 aromatic rings. The topological polar surface area (TPSA) is 75.3 Å². The molecule has 5 nitrogen and oxygen atoms in total. The average Bonchev–Trinajstić information content (AvgIpc) is 2.89. The maximum atomic E-state index is 15.1. The SMILES string of the molecule is Cc1ccc(S(=O)(=O)c2cccc(NCC(=O)Nc3ccc(CSc4ccccc4)cc3C)c2F)cc1. The van der Waals surface area contributed by atoms with Crippen molar-refractivity contribution < 1.29 is 17.6 Å². The number of benzene rings is 4. The highest BCUT2D eigenvalue weighted by atomic mass is 32.2. The van der Waals surface area contributed by atoms with E-state index in [-0.39, 0.29) is 23.0 Å². The Morgan fingerprint density at radius 2 is 1.59 bits per heavy atom. The summed E-state index contributed by atoms with van der Waals surface area (Å²) < 4.78 is 41.0. The van der Waals surface area contributed by atoms with Gasteiger partial charge in [-0.1, -0.05) is 54.1 Å². The van der Waals surface area contributed by atoms with E-state index in [9.17, 15) is 13.2 Å². The highest BCUT2D eigenvalue weighted by Gasteiger charge is 2.23. The molecule has 37 heavy (non-hydrogen) atoms. The first kappa shape index (κ1) is 26.4. The molecule has 0 unspecified atom stereocenters. The van der Waals surface area contributed by atoms with Crippen molar-refractivity contribution in [1.82, 2.24) is 0 Å². The minimum Gasteiger partial charge on any atom is -0.374 e. The van der Waals surface area contributed by atoms with Gasteiger partial charge in [0.25, 0.3) is 0 Å². The first-order valence-corrected chi connectivity index (χ1v) is 14.1. The number of hydrogen-bond donors (Lipinski definition) is 2. The van der Waals surface area contributed by atoms with Crippen LogP contribution in [0.25, 0.3) is 0 Å². The molecule has 1 amide bonds. The lowest BCUT2D eigenvalue weighted by Crippen LogP contribution is -2.23. The number of carbonyl (C=O) groups is 1. The molecule has 0 heterocycles. The normalized spacial score (nSPS) is 11.2. The van der Waals surface area contributed by atoms with Gasteiger partial charge in [-0.2, -0.15) is 0 Å². The second-order valence-electron chi connectivity index (χ2n) is 8.59. The van der Waals surface area contributed by atoms with E-state index < -0.39 is 20.5 Å². The molecule has 0 fully saturated rings. The summed E-state index contributed by atoms with van der Waals surface area (Å²) in [6.45, 7) is 3.53. The number of nitrogens with one attached hydrogen (secondary N) is 2. The number of halogens is 1. The maximum absolute atomic E-state index is 15.1. The van der Waals surface area contributed by atoms with Crippen LogP contribution >= 0.6 is 11.8 Å². The van der Waals surface area contributed by atoms with Crippen molar-refractivity contribution in [3.8, 4) is 0 Å². The van der Waals surface area contributed by atoms with Crippen LogP contribution in [-0.2, 0) is 20.4 Å². The summed E-state index contributed by atoms with van der Waals surface area (Å²) in [5.74, 6) is -0.491. The van der Waals surface area contributed by atoms with Gasteiger partial charge in [0.15, 0.2) is 5.82 Å². The van der Waals surface area contributed by atoms with Gasteiger partial charge in [0, 0.05) is 16.3 Å². The highest BCUT2D eigenvalue weighted by Crippen LogP contribution is 2.28. The Kier molecular flexibility index (Phi) is 8.31. The largest absolute Gasteiger partial charge is 0.374 e. The van der Waals surface area contributed by atoms with Gasteiger partial charge in [0.2, 0.25) is 15.7 Å². The fourth-order valence-corrected chi connectivity index (χ4v) is 5.92. The predicted octanol–water partition coefficient (Wildman–Crippen LogP) is 6.62. The molecule has 0 spiro atoms. The fraction of sp³-hybridized carbons (Fsp3) is 0.138. The van der Waals surface area contributed by atoms with E-state index in [0.717, 1.165) is 22.4 Å². The van der Waals surface area contributed by atoms with E-state index in [4.69, 9.17) is 0 Å². The van der Waals surface area contributed by atoms with Gasteiger partial charge in [-0.15, -0.1) is 11.8 Å². The minimum atomic E-state index is -4.05. The molecule has 190 valence electrons. The van der Waals surface area contributed by atoms with Crippen LogP contribution in [0.2, 0.25) is 0 Å². The number of amides is 1. The molecule has 2 N–H and O–H groups in total. The van der Waals surface area contributed by atoms with Crippen molar-refractivity contribution in [2.24, 2.45) is 0 Å². The number of carbonyl (C=O) groups excluding carboxylic acids is 1. The van der Waals surface area contributed by atoms with E-state index in [1.807, 2.05) is 50.2 Å². The Morgan fingerprint density at radius 3 is 2.30 bits per heavy atom. The number of hydrogen-bond acceptors (Lipinski definition) is 5. The van der Waals surface area contributed by atoms with E-state index >= 15 is 4.39 Å². The summed E-state index contributed by atoms with van der Waals surface area (Å²) in [4.78, 5) is 13.3. The highest BCUT2D eigenvalue weighted by molar-refractivity contribution is 7.98. The number of thioether (sulfide) groups is 1. The Hall–Kier alpha value is -3.62. The van der Waals surface area contributed by atoms with Crippen molar-refractivity contribution in [3.05, 3.63) is 114 Å². The van der Waals surface area contributed by atoms with Crippen LogP contribution in [0.3, 0.4) is 0 Å². The molecule has 0 saturated heterocycles. The summed E-state index contributed by atoms with van der Waals surface area (Å²) in [6.07, 6.45) is 0. The third kappa shape index (κ3) is 6.58. The molecule has 4 aromatic carbocycles. The zero-order valence-corrected chi connectivity index (χ0v) is 22.1. The quantitative estimate of drug-likeness (QED) is 0.236. The molecule has 0 aliphatic rings. The van der Waals surface area contributed by atoms with Crippen LogP contribution in [0.1, 0.15) is 16.7 Å². The van der Waals surface area contributed by atoms with Gasteiger partial charge in [-0.25, -0.2) is 12.8 Å². The summed E-state index contributed by atoms with van der Waals surface area (Å²) in [5, 5.41) is 5.55. The lowest BCUT2D eigenvalue weighted by molar-refractivity contribution is -0.114. The van der Waals surface area contributed by atoms with Crippen molar-refractivity contribution in [3.63, 3.8) is 0 Å². The standard InChI is InChI=1S/C29H27FN2O3S2/c1-20-11-14-24(15-12-20)37(34,35)27-10-6-9-26(29(27)30)31-18-28(33)32-25-16-13-22(17-21(25)2)19-36-23-7-4-3-5-8-23/h3-17,31H,18-19H2,1-2H3,(H,32,33). The van der Waals surface area contributed by atoms with Crippen molar-refractivity contribution in [2.45, 2.75) is 34.3 Å². The average molecular weight is 535 g/mol. The number of sulfone groups is 1. The molecule has 0 saturated carbocycles. The Labute approximate surface area is 221 Å². The van der Waals surface area contributed by atoms with Crippen LogP contribution < -0.4 is 10.6 Å². The number of anilines is 2.